The third-order valence-electron chi connectivity index (χ3n) is 7.79. The molecule has 9 heteroatoms. The SMILES string of the molecule is CCOC(=O)C1=C(N)N(c2ccccc2)C2=C(C(=O)[C@H](C(=O)OCC)[C@H](c3cccc(OC)c3)C2)[C@@H]1c1cccc(Cl)c1. The number of anilines is 1. The minimum absolute atomic E-state index is 0.0995. The number of nitrogens with two attached hydrogens (primary N) is 1. The maximum Gasteiger partial charge on any atom is 0.338 e. The van der Waals surface area contributed by atoms with Crippen LogP contribution in [-0.4, -0.2) is 38.0 Å². The van der Waals surface area contributed by atoms with Gasteiger partial charge in [0.2, 0.25) is 0 Å². The first kappa shape index (κ1) is 29.9. The van der Waals surface area contributed by atoms with Gasteiger partial charge in [-0.25, -0.2) is 4.79 Å². The van der Waals surface area contributed by atoms with Gasteiger partial charge >= 0.3 is 11.9 Å². The van der Waals surface area contributed by atoms with Crippen LogP contribution in [0.5, 0.6) is 5.75 Å². The van der Waals surface area contributed by atoms with Crippen LogP contribution in [0.1, 0.15) is 43.2 Å². The zero-order valence-electron chi connectivity index (χ0n) is 24.2. The predicted octanol–water partition coefficient (Wildman–Crippen LogP) is 5.88. The first-order valence-corrected chi connectivity index (χ1v) is 14.5. The standard InChI is InChI=1S/C34H33ClN2O6/c1-4-42-33(39)28-25(20-11-10-16-24(18-20)41-3)19-26-29(31(28)38)27(21-12-9-13-22(35)17-21)30(34(40)43-5-2)32(36)37(26)23-14-7-6-8-15-23/h6-18,25,27-28H,4-5,19,36H2,1-3H3/t25-,27-,28+/m0/s1. The molecule has 1 aliphatic carbocycles. The van der Waals surface area contributed by atoms with Crippen molar-refractivity contribution in [2.45, 2.75) is 32.1 Å². The number of esters is 2. The quantitative estimate of drug-likeness (QED) is 0.252. The molecule has 3 aromatic rings. The lowest BCUT2D eigenvalue weighted by atomic mass is 9.67. The molecule has 0 bridgehead atoms. The Hall–Kier alpha value is -4.56. The van der Waals surface area contributed by atoms with Crippen molar-refractivity contribution in [2.75, 3.05) is 25.2 Å². The molecule has 1 heterocycles. The molecule has 0 unspecified atom stereocenters. The van der Waals surface area contributed by atoms with Crippen LogP contribution in [0.25, 0.3) is 0 Å². The zero-order chi connectivity index (χ0) is 30.7. The van der Waals surface area contributed by atoms with E-state index in [-0.39, 0.29) is 36.6 Å². The number of hydrogen-bond acceptors (Lipinski definition) is 8. The van der Waals surface area contributed by atoms with E-state index in [1.165, 1.54) is 0 Å². The molecule has 43 heavy (non-hydrogen) atoms. The number of hydrogen-bond donors (Lipinski definition) is 1. The van der Waals surface area contributed by atoms with Crippen molar-refractivity contribution in [3.8, 4) is 5.75 Å². The Kier molecular flexibility index (Phi) is 8.87. The number of halogens is 1. The number of carbonyl (C=O) groups excluding carboxylic acids is 3. The highest BCUT2D eigenvalue weighted by Gasteiger charge is 2.51. The van der Waals surface area contributed by atoms with Gasteiger partial charge in [-0.1, -0.05) is 54.1 Å². The topological polar surface area (TPSA) is 108 Å². The molecule has 0 amide bonds. The Labute approximate surface area is 255 Å². The molecule has 222 valence electrons. The second kappa shape index (κ2) is 12.8. The maximum absolute atomic E-state index is 14.8. The van der Waals surface area contributed by atoms with Crippen LogP contribution < -0.4 is 15.4 Å². The Morgan fingerprint density at radius 1 is 0.930 bits per heavy atom. The summed E-state index contributed by atoms with van der Waals surface area (Å²) in [4.78, 5) is 43.8. The molecule has 0 aromatic heterocycles. The van der Waals surface area contributed by atoms with E-state index in [4.69, 9.17) is 31.5 Å². The van der Waals surface area contributed by atoms with E-state index in [0.29, 0.717) is 27.7 Å². The average molecular weight is 601 g/mol. The third kappa shape index (κ3) is 5.62. The summed E-state index contributed by atoms with van der Waals surface area (Å²) in [5.74, 6) is -3.71. The van der Waals surface area contributed by atoms with Crippen molar-refractivity contribution in [1.82, 2.24) is 0 Å². The van der Waals surface area contributed by atoms with Gasteiger partial charge in [0.25, 0.3) is 0 Å². The summed E-state index contributed by atoms with van der Waals surface area (Å²) >= 11 is 6.42. The molecule has 0 fully saturated rings. The number of rotatable bonds is 8. The Morgan fingerprint density at radius 3 is 2.30 bits per heavy atom. The van der Waals surface area contributed by atoms with Crippen LogP contribution >= 0.6 is 11.6 Å². The minimum atomic E-state index is -1.17. The number of allylic oxidation sites excluding steroid dienone is 2. The Balaban J connectivity index is 1.82. The fourth-order valence-electron chi connectivity index (χ4n) is 6.02. The van der Waals surface area contributed by atoms with Crippen LogP contribution in [0.3, 0.4) is 0 Å². The van der Waals surface area contributed by atoms with Gasteiger partial charge in [-0.15, -0.1) is 0 Å². The molecular formula is C34H33ClN2O6. The summed E-state index contributed by atoms with van der Waals surface area (Å²) in [5, 5.41) is 0.423. The second-order valence-electron chi connectivity index (χ2n) is 10.2. The summed E-state index contributed by atoms with van der Waals surface area (Å²) in [6.07, 6.45) is 0.250. The van der Waals surface area contributed by atoms with E-state index >= 15 is 0 Å². The van der Waals surface area contributed by atoms with Gasteiger partial charge < -0.3 is 19.9 Å². The van der Waals surface area contributed by atoms with Crippen LogP contribution in [0.15, 0.2) is 102 Å². The van der Waals surface area contributed by atoms with Gasteiger partial charge in [-0.05, 0) is 67.8 Å². The predicted molar refractivity (Wildman–Crippen MR) is 163 cm³/mol. The van der Waals surface area contributed by atoms with Crippen molar-refractivity contribution < 1.29 is 28.6 Å². The van der Waals surface area contributed by atoms with Gasteiger partial charge in [0, 0.05) is 27.9 Å². The number of ketones is 1. The van der Waals surface area contributed by atoms with Crippen LogP contribution in [0.2, 0.25) is 5.02 Å². The lowest BCUT2D eigenvalue weighted by Gasteiger charge is -2.44. The number of benzene rings is 3. The molecule has 2 aliphatic rings. The van der Waals surface area contributed by atoms with Crippen molar-refractivity contribution in [2.24, 2.45) is 11.7 Å². The molecule has 0 saturated carbocycles. The van der Waals surface area contributed by atoms with E-state index in [0.717, 1.165) is 5.56 Å². The molecule has 3 atom stereocenters. The van der Waals surface area contributed by atoms with E-state index in [2.05, 4.69) is 0 Å². The zero-order valence-corrected chi connectivity index (χ0v) is 25.0. The number of carbonyl (C=O) groups is 3. The molecule has 0 radical (unpaired) electrons. The normalized spacial score (nSPS) is 20.0. The largest absolute Gasteiger partial charge is 0.497 e. The number of nitrogens with zero attached hydrogens (tertiary/aromatic N) is 1. The molecular weight excluding hydrogens is 568 g/mol. The van der Waals surface area contributed by atoms with E-state index in [9.17, 15) is 14.4 Å². The van der Waals surface area contributed by atoms with Crippen molar-refractivity contribution in [1.29, 1.82) is 0 Å². The molecule has 8 nitrogen and oxygen atoms in total. The number of ether oxygens (including phenoxy) is 3. The average Bonchev–Trinajstić information content (AvgIpc) is 3.01. The van der Waals surface area contributed by atoms with Crippen molar-refractivity contribution >= 4 is 35.0 Å². The highest BCUT2D eigenvalue weighted by Crippen LogP contribution is 2.52. The van der Waals surface area contributed by atoms with Crippen LogP contribution in [0.4, 0.5) is 5.69 Å². The maximum atomic E-state index is 14.8. The summed E-state index contributed by atoms with van der Waals surface area (Å²) in [6, 6.07) is 23.5. The van der Waals surface area contributed by atoms with Gasteiger partial charge in [-0.2, -0.15) is 0 Å². The summed E-state index contributed by atoms with van der Waals surface area (Å²) in [6.45, 7) is 3.61. The van der Waals surface area contributed by atoms with Gasteiger partial charge in [-0.3, -0.25) is 14.5 Å². The van der Waals surface area contributed by atoms with E-state index in [1.807, 2.05) is 48.5 Å². The van der Waals surface area contributed by atoms with E-state index in [1.54, 1.807) is 56.2 Å². The van der Waals surface area contributed by atoms with Crippen LogP contribution in [0, 0.1) is 5.92 Å². The van der Waals surface area contributed by atoms with Gasteiger partial charge in [0.05, 0.1) is 31.8 Å². The summed E-state index contributed by atoms with van der Waals surface area (Å²) in [5.41, 5.74) is 9.83. The molecule has 0 spiro atoms. The number of methoxy groups -OCH3 is 1. The lowest BCUT2D eigenvalue weighted by Crippen LogP contribution is -2.46. The first-order chi connectivity index (χ1) is 20.8. The molecule has 1 aliphatic heterocycles. The van der Waals surface area contributed by atoms with E-state index < -0.39 is 35.5 Å². The highest BCUT2D eigenvalue weighted by molar-refractivity contribution is 6.30. The minimum Gasteiger partial charge on any atom is -0.497 e. The summed E-state index contributed by atoms with van der Waals surface area (Å²) in [7, 11) is 1.56. The number of para-hydroxylation sites is 1. The first-order valence-electron chi connectivity index (χ1n) is 14.2. The molecule has 5 rings (SSSR count). The van der Waals surface area contributed by atoms with Crippen LogP contribution in [-0.2, 0) is 23.9 Å². The summed E-state index contributed by atoms with van der Waals surface area (Å²) < 4.78 is 16.4. The van der Waals surface area contributed by atoms with Crippen molar-refractivity contribution in [3.05, 3.63) is 118 Å². The molecule has 3 aromatic carbocycles. The van der Waals surface area contributed by atoms with Gasteiger partial charge in [0.15, 0.2) is 5.78 Å². The highest BCUT2D eigenvalue weighted by atomic mass is 35.5. The number of Topliss-reactive ketones (excluding diaryl/α,β-unsaturated/α-hetero) is 1. The fourth-order valence-corrected chi connectivity index (χ4v) is 6.21. The molecule has 2 N–H and O–H groups in total. The smallest absolute Gasteiger partial charge is 0.338 e. The lowest BCUT2D eigenvalue weighted by molar-refractivity contribution is -0.152. The Morgan fingerprint density at radius 2 is 1.63 bits per heavy atom. The molecule has 0 saturated heterocycles. The van der Waals surface area contributed by atoms with Crippen molar-refractivity contribution in [3.63, 3.8) is 0 Å². The monoisotopic (exact) mass is 600 g/mol. The second-order valence-corrected chi connectivity index (χ2v) is 10.7. The Bertz CT molecular complexity index is 1620. The fraction of sp³-hybridized carbons (Fsp3) is 0.265. The third-order valence-corrected chi connectivity index (χ3v) is 8.03. The van der Waals surface area contributed by atoms with Gasteiger partial charge in [0.1, 0.15) is 17.5 Å².